The number of hydrogen-bond acceptors (Lipinski definition) is 3. The number of nitrogens with zero attached hydrogens (tertiary/aromatic N) is 2. The van der Waals surface area contributed by atoms with E-state index in [2.05, 4.69) is 29.1 Å². The maximum Gasteiger partial charge on any atom is 0.0109 e. The first-order valence-corrected chi connectivity index (χ1v) is 7.94. The summed E-state index contributed by atoms with van der Waals surface area (Å²) in [6, 6.07) is 0. The quantitative estimate of drug-likeness (QED) is 0.571. The summed E-state index contributed by atoms with van der Waals surface area (Å²) in [5.41, 5.74) is 0. The van der Waals surface area contributed by atoms with Gasteiger partial charge in [0.25, 0.3) is 0 Å². The Morgan fingerprint density at radius 2 is 1.78 bits per heavy atom. The zero-order chi connectivity index (χ0) is 13.1. The molecule has 0 unspecified atom stereocenters. The van der Waals surface area contributed by atoms with E-state index in [0.29, 0.717) is 0 Å². The van der Waals surface area contributed by atoms with Gasteiger partial charge in [0.2, 0.25) is 0 Å². The van der Waals surface area contributed by atoms with Gasteiger partial charge in [-0.2, -0.15) is 0 Å². The molecule has 3 nitrogen and oxygen atoms in total. The number of nitrogens with one attached hydrogen (secondary N) is 1. The molecule has 0 bridgehead atoms. The molecule has 0 aliphatic carbocycles. The predicted molar refractivity (Wildman–Crippen MR) is 80.2 cm³/mol. The predicted octanol–water partition coefficient (Wildman–Crippen LogP) is 2.18. The Bertz CT molecular complexity index is 179. The van der Waals surface area contributed by atoms with E-state index in [0.717, 1.165) is 0 Å². The second-order valence-corrected chi connectivity index (χ2v) is 5.66. The van der Waals surface area contributed by atoms with E-state index >= 15 is 0 Å². The number of hydrogen-bond donors (Lipinski definition) is 1. The van der Waals surface area contributed by atoms with Gasteiger partial charge in [-0.05, 0) is 71.9 Å². The topological polar surface area (TPSA) is 18.5 Å². The molecule has 1 rings (SSSR count). The highest BCUT2D eigenvalue weighted by Crippen LogP contribution is 2.06. The highest BCUT2D eigenvalue weighted by atomic mass is 15.2. The van der Waals surface area contributed by atoms with Gasteiger partial charge < -0.3 is 15.1 Å². The highest BCUT2D eigenvalue weighted by molar-refractivity contribution is 4.67. The van der Waals surface area contributed by atoms with Gasteiger partial charge in [0.15, 0.2) is 0 Å². The summed E-state index contributed by atoms with van der Waals surface area (Å²) < 4.78 is 0. The Labute approximate surface area is 114 Å². The zero-order valence-corrected chi connectivity index (χ0v) is 12.6. The smallest absolute Gasteiger partial charge is 0.0109 e. The van der Waals surface area contributed by atoms with Crippen molar-refractivity contribution in [2.24, 2.45) is 0 Å². The van der Waals surface area contributed by atoms with Crippen molar-refractivity contribution < 1.29 is 0 Å². The number of likely N-dealkylation sites (tertiary alicyclic amines) is 1. The second kappa shape index (κ2) is 10.8. The summed E-state index contributed by atoms with van der Waals surface area (Å²) in [6.45, 7) is 11.0. The molecule has 18 heavy (non-hydrogen) atoms. The molecule has 1 saturated heterocycles. The third-order valence-electron chi connectivity index (χ3n) is 3.82. The number of likely N-dealkylation sites (N-methyl/N-ethyl adjacent to an activating group) is 1. The van der Waals surface area contributed by atoms with Crippen LogP contribution in [0.15, 0.2) is 0 Å². The minimum Gasteiger partial charge on any atom is -0.317 e. The molecule has 0 saturated carbocycles. The number of rotatable bonds is 11. The molecule has 0 spiro atoms. The molecule has 1 aliphatic heterocycles. The fourth-order valence-electron chi connectivity index (χ4n) is 2.54. The van der Waals surface area contributed by atoms with Crippen LogP contribution >= 0.6 is 0 Å². The fraction of sp³-hybridized carbons (Fsp3) is 1.00. The van der Waals surface area contributed by atoms with E-state index in [1.807, 2.05) is 0 Å². The molecular weight excluding hydrogens is 222 g/mol. The molecule has 108 valence electrons. The van der Waals surface area contributed by atoms with Crippen LogP contribution in [0.3, 0.4) is 0 Å². The molecule has 0 aromatic heterocycles. The first-order chi connectivity index (χ1) is 8.83. The normalized spacial score (nSPS) is 16.8. The molecule has 1 aliphatic rings. The van der Waals surface area contributed by atoms with Crippen molar-refractivity contribution in [2.75, 3.05) is 52.9 Å². The Balaban J connectivity index is 1.82. The third-order valence-corrected chi connectivity index (χ3v) is 3.82. The minimum atomic E-state index is 1.18. The van der Waals surface area contributed by atoms with Gasteiger partial charge in [-0.15, -0.1) is 0 Å². The van der Waals surface area contributed by atoms with Gasteiger partial charge in [0.05, 0.1) is 0 Å². The molecular formula is C15H33N3. The van der Waals surface area contributed by atoms with E-state index in [-0.39, 0.29) is 0 Å². The Morgan fingerprint density at radius 1 is 1.00 bits per heavy atom. The molecule has 3 heteroatoms. The Morgan fingerprint density at radius 3 is 2.50 bits per heavy atom. The van der Waals surface area contributed by atoms with Crippen molar-refractivity contribution >= 4 is 0 Å². The van der Waals surface area contributed by atoms with Gasteiger partial charge in [0.1, 0.15) is 0 Å². The van der Waals surface area contributed by atoms with Crippen LogP contribution in [0.2, 0.25) is 0 Å². The lowest BCUT2D eigenvalue weighted by atomic mass is 10.2. The van der Waals surface area contributed by atoms with Gasteiger partial charge >= 0.3 is 0 Å². The van der Waals surface area contributed by atoms with Gasteiger partial charge in [0, 0.05) is 13.1 Å². The molecule has 0 aromatic rings. The average molecular weight is 255 g/mol. The van der Waals surface area contributed by atoms with Crippen LogP contribution in [0.25, 0.3) is 0 Å². The van der Waals surface area contributed by atoms with Crippen molar-refractivity contribution in [1.82, 2.24) is 15.1 Å². The number of unbranched alkanes of at least 4 members (excludes halogenated alkanes) is 2. The highest BCUT2D eigenvalue weighted by Gasteiger charge is 2.11. The van der Waals surface area contributed by atoms with E-state index in [4.69, 9.17) is 0 Å². The summed E-state index contributed by atoms with van der Waals surface area (Å²) in [5.74, 6) is 0. The molecule has 1 N–H and O–H groups in total. The molecule has 1 heterocycles. The molecule has 0 amide bonds. The van der Waals surface area contributed by atoms with Crippen LogP contribution in [-0.4, -0.2) is 62.7 Å². The van der Waals surface area contributed by atoms with Crippen molar-refractivity contribution in [3.63, 3.8) is 0 Å². The van der Waals surface area contributed by atoms with E-state index in [9.17, 15) is 0 Å². The maximum absolute atomic E-state index is 3.47. The molecule has 1 fully saturated rings. The van der Waals surface area contributed by atoms with Crippen LogP contribution in [0.5, 0.6) is 0 Å². The van der Waals surface area contributed by atoms with E-state index in [1.165, 1.54) is 84.3 Å². The summed E-state index contributed by atoms with van der Waals surface area (Å²) in [6.07, 6.45) is 8.12. The Hall–Kier alpha value is -0.120. The monoisotopic (exact) mass is 255 g/mol. The minimum absolute atomic E-state index is 1.18. The first-order valence-electron chi connectivity index (χ1n) is 7.94. The van der Waals surface area contributed by atoms with Crippen LogP contribution < -0.4 is 5.32 Å². The first kappa shape index (κ1) is 15.9. The lowest BCUT2D eigenvalue weighted by Crippen LogP contribution is -2.32. The fourth-order valence-corrected chi connectivity index (χ4v) is 2.54. The Kier molecular flexibility index (Phi) is 9.54. The lowest BCUT2D eigenvalue weighted by molar-refractivity contribution is 0.253. The summed E-state index contributed by atoms with van der Waals surface area (Å²) in [5, 5.41) is 3.47. The zero-order valence-electron chi connectivity index (χ0n) is 12.6. The van der Waals surface area contributed by atoms with Crippen LogP contribution in [0.1, 0.15) is 45.4 Å². The second-order valence-electron chi connectivity index (χ2n) is 5.66. The lowest BCUT2D eigenvalue weighted by Gasteiger charge is -2.21. The van der Waals surface area contributed by atoms with Crippen LogP contribution in [0, 0.1) is 0 Å². The molecule has 0 atom stereocenters. The van der Waals surface area contributed by atoms with Crippen molar-refractivity contribution in [2.45, 2.75) is 45.4 Å². The summed E-state index contributed by atoms with van der Waals surface area (Å²) >= 11 is 0. The van der Waals surface area contributed by atoms with Gasteiger partial charge in [-0.1, -0.05) is 13.3 Å². The van der Waals surface area contributed by atoms with Gasteiger partial charge in [-0.25, -0.2) is 0 Å². The summed E-state index contributed by atoms with van der Waals surface area (Å²) in [4.78, 5) is 5.10. The van der Waals surface area contributed by atoms with Crippen molar-refractivity contribution in [1.29, 1.82) is 0 Å². The van der Waals surface area contributed by atoms with Crippen LogP contribution in [0.4, 0.5) is 0 Å². The average Bonchev–Trinajstić information content (AvgIpc) is 2.88. The molecule has 0 aromatic carbocycles. The largest absolute Gasteiger partial charge is 0.317 e. The third kappa shape index (κ3) is 8.06. The van der Waals surface area contributed by atoms with Crippen molar-refractivity contribution in [3.05, 3.63) is 0 Å². The molecule has 0 radical (unpaired) electrons. The van der Waals surface area contributed by atoms with Gasteiger partial charge in [-0.3, -0.25) is 0 Å². The van der Waals surface area contributed by atoms with E-state index in [1.54, 1.807) is 0 Å². The van der Waals surface area contributed by atoms with Crippen LogP contribution in [-0.2, 0) is 0 Å². The SMILES string of the molecule is CCCNCCCCCN(C)CCN1CCCC1. The maximum atomic E-state index is 3.47. The summed E-state index contributed by atoms with van der Waals surface area (Å²) in [7, 11) is 2.27. The standard InChI is InChI=1S/C15H33N3/c1-3-9-16-10-5-4-6-11-17(2)14-15-18-12-7-8-13-18/h16H,3-15H2,1-2H3. The van der Waals surface area contributed by atoms with Crippen molar-refractivity contribution in [3.8, 4) is 0 Å². The van der Waals surface area contributed by atoms with E-state index < -0.39 is 0 Å².